The molecule has 0 aliphatic heterocycles. The van der Waals surface area contributed by atoms with Crippen molar-refractivity contribution in [2.24, 2.45) is 5.92 Å². The minimum atomic E-state index is -0.00754. The number of hydrogen-bond acceptors (Lipinski definition) is 3. The van der Waals surface area contributed by atoms with Gasteiger partial charge in [-0.1, -0.05) is 31.4 Å². The Labute approximate surface area is 110 Å². The van der Waals surface area contributed by atoms with Crippen LogP contribution in [-0.2, 0) is 9.53 Å². The largest absolute Gasteiger partial charge is 0.464 e. The third-order valence-electron chi connectivity index (χ3n) is 3.36. The molecule has 1 saturated carbocycles. The summed E-state index contributed by atoms with van der Waals surface area (Å²) in [6.45, 7) is 10.2. The first-order valence-electron chi connectivity index (χ1n) is 6.88. The molecule has 1 fully saturated rings. The predicted molar refractivity (Wildman–Crippen MR) is 74.4 cm³/mol. The molecule has 0 amide bonds. The van der Waals surface area contributed by atoms with E-state index in [9.17, 15) is 4.79 Å². The normalized spacial score (nSPS) is 16.5. The van der Waals surface area contributed by atoms with Gasteiger partial charge in [0.05, 0.1) is 5.92 Å². The molecule has 18 heavy (non-hydrogen) atoms. The lowest BCUT2D eigenvalue weighted by atomic mass is 9.89. The van der Waals surface area contributed by atoms with Gasteiger partial charge in [-0.15, -0.1) is 13.2 Å². The van der Waals surface area contributed by atoms with Crippen LogP contribution in [-0.4, -0.2) is 37.1 Å². The van der Waals surface area contributed by atoms with Crippen LogP contribution in [0.4, 0.5) is 0 Å². The summed E-state index contributed by atoms with van der Waals surface area (Å²) in [6.07, 6.45) is 9.30. The van der Waals surface area contributed by atoms with E-state index in [4.69, 9.17) is 4.74 Å². The second-order valence-electron chi connectivity index (χ2n) is 4.84. The van der Waals surface area contributed by atoms with E-state index >= 15 is 0 Å². The molecule has 1 rings (SSSR count). The van der Waals surface area contributed by atoms with E-state index in [0.29, 0.717) is 6.61 Å². The molecule has 0 aromatic heterocycles. The Bertz CT molecular complexity index is 260. The Morgan fingerprint density at radius 3 is 2.33 bits per heavy atom. The monoisotopic (exact) mass is 251 g/mol. The molecule has 0 N–H and O–H groups in total. The lowest BCUT2D eigenvalue weighted by Crippen LogP contribution is -2.30. The van der Waals surface area contributed by atoms with Crippen LogP contribution in [0, 0.1) is 5.92 Å². The van der Waals surface area contributed by atoms with Crippen molar-refractivity contribution in [3.05, 3.63) is 25.3 Å². The highest BCUT2D eigenvalue weighted by Crippen LogP contribution is 2.24. The molecular formula is C15H25NO2. The molecule has 0 aromatic carbocycles. The number of rotatable bonds is 8. The van der Waals surface area contributed by atoms with Gasteiger partial charge in [0.2, 0.25) is 0 Å². The topological polar surface area (TPSA) is 29.5 Å². The number of hydrogen-bond donors (Lipinski definition) is 0. The maximum absolute atomic E-state index is 11.8. The summed E-state index contributed by atoms with van der Waals surface area (Å²) >= 11 is 0. The summed E-state index contributed by atoms with van der Waals surface area (Å²) in [5.74, 6) is 0.137. The Morgan fingerprint density at radius 1 is 1.17 bits per heavy atom. The zero-order chi connectivity index (χ0) is 13.2. The van der Waals surface area contributed by atoms with Crippen LogP contribution in [0.15, 0.2) is 25.3 Å². The van der Waals surface area contributed by atoms with Crippen molar-refractivity contribution < 1.29 is 9.53 Å². The van der Waals surface area contributed by atoms with Gasteiger partial charge in [-0.05, 0) is 12.8 Å². The quantitative estimate of drug-likeness (QED) is 0.491. The number of ether oxygens (including phenoxy) is 1. The van der Waals surface area contributed by atoms with Gasteiger partial charge < -0.3 is 4.74 Å². The van der Waals surface area contributed by atoms with Gasteiger partial charge in [-0.3, -0.25) is 9.69 Å². The molecule has 102 valence electrons. The fraction of sp³-hybridized carbons (Fsp3) is 0.667. The van der Waals surface area contributed by atoms with Crippen LogP contribution in [0.1, 0.15) is 32.1 Å². The number of carbonyl (C=O) groups excluding carboxylic acids is 1. The van der Waals surface area contributed by atoms with Crippen molar-refractivity contribution >= 4 is 5.97 Å². The summed E-state index contributed by atoms with van der Waals surface area (Å²) in [7, 11) is 0. The van der Waals surface area contributed by atoms with Gasteiger partial charge in [0.1, 0.15) is 6.61 Å². The molecule has 0 heterocycles. The molecule has 1 aliphatic rings. The number of esters is 1. The van der Waals surface area contributed by atoms with Crippen molar-refractivity contribution in [1.82, 2.24) is 4.90 Å². The van der Waals surface area contributed by atoms with E-state index < -0.39 is 0 Å². The SMILES string of the molecule is C=CCN(CC=C)CCOC(=O)C1CCCCC1. The lowest BCUT2D eigenvalue weighted by molar-refractivity contribution is -0.150. The van der Waals surface area contributed by atoms with E-state index in [-0.39, 0.29) is 11.9 Å². The average molecular weight is 251 g/mol. The summed E-state index contributed by atoms with van der Waals surface area (Å²) in [6, 6.07) is 0. The summed E-state index contributed by atoms with van der Waals surface area (Å²) in [4.78, 5) is 14.0. The fourth-order valence-corrected chi connectivity index (χ4v) is 2.35. The maximum Gasteiger partial charge on any atom is 0.308 e. The first-order chi connectivity index (χ1) is 8.77. The van der Waals surface area contributed by atoms with Crippen molar-refractivity contribution in [2.45, 2.75) is 32.1 Å². The highest BCUT2D eigenvalue weighted by Gasteiger charge is 2.22. The average Bonchev–Trinajstić information content (AvgIpc) is 2.40. The van der Waals surface area contributed by atoms with E-state index in [0.717, 1.165) is 32.5 Å². The Morgan fingerprint density at radius 2 is 1.78 bits per heavy atom. The van der Waals surface area contributed by atoms with Gasteiger partial charge in [0.25, 0.3) is 0 Å². The van der Waals surface area contributed by atoms with Gasteiger partial charge in [-0.25, -0.2) is 0 Å². The lowest BCUT2D eigenvalue weighted by Gasteiger charge is -2.22. The standard InChI is InChI=1S/C15H25NO2/c1-3-10-16(11-4-2)12-13-18-15(17)14-8-6-5-7-9-14/h3-4,14H,1-2,5-13H2. The smallest absolute Gasteiger partial charge is 0.308 e. The zero-order valence-corrected chi connectivity index (χ0v) is 11.3. The van der Waals surface area contributed by atoms with Crippen molar-refractivity contribution in [3.63, 3.8) is 0 Å². The number of nitrogens with zero attached hydrogens (tertiary/aromatic N) is 1. The third kappa shape index (κ3) is 5.50. The maximum atomic E-state index is 11.8. The van der Waals surface area contributed by atoms with Crippen LogP contribution in [0.25, 0.3) is 0 Å². The molecular weight excluding hydrogens is 226 g/mol. The minimum Gasteiger partial charge on any atom is -0.464 e. The summed E-state index contributed by atoms with van der Waals surface area (Å²) < 4.78 is 5.36. The van der Waals surface area contributed by atoms with Crippen LogP contribution < -0.4 is 0 Å². The highest BCUT2D eigenvalue weighted by molar-refractivity contribution is 5.72. The van der Waals surface area contributed by atoms with Crippen molar-refractivity contribution in [1.29, 1.82) is 0 Å². The minimum absolute atomic E-state index is 0.00754. The predicted octanol–water partition coefficient (Wildman–Crippen LogP) is 2.78. The Hall–Kier alpha value is -1.09. The van der Waals surface area contributed by atoms with E-state index in [1.54, 1.807) is 0 Å². The summed E-state index contributed by atoms with van der Waals surface area (Å²) in [5.41, 5.74) is 0. The van der Waals surface area contributed by atoms with Gasteiger partial charge in [0, 0.05) is 19.6 Å². The second kappa shape index (κ2) is 8.92. The first-order valence-corrected chi connectivity index (χ1v) is 6.88. The molecule has 0 radical (unpaired) electrons. The molecule has 0 aromatic rings. The molecule has 0 saturated heterocycles. The molecule has 0 spiro atoms. The molecule has 0 unspecified atom stereocenters. The highest BCUT2D eigenvalue weighted by atomic mass is 16.5. The molecule has 0 bridgehead atoms. The van der Waals surface area contributed by atoms with Crippen molar-refractivity contribution in [3.8, 4) is 0 Å². The Balaban J connectivity index is 2.19. The Kier molecular flexibility index (Phi) is 7.42. The van der Waals surface area contributed by atoms with E-state index in [2.05, 4.69) is 18.1 Å². The third-order valence-corrected chi connectivity index (χ3v) is 3.36. The van der Waals surface area contributed by atoms with Gasteiger partial charge >= 0.3 is 5.97 Å². The number of carbonyl (C=O) groups is 1. The van der Waals surface area contributed by atoms with Crippen molar-refractivity contribution in [2.75, 3.05) is 26.2 Å². The van der Waals surface area contributed by atoms with Gasteiger partial charge in [-0.2, -0.15) is 0 Å². The van der Waals surface area contributed by atoms with Gasteiger partial charge in [0.15, 0.2) is 0 Å². The van der Waals surface area contributed by atoms with E-state index in [1.165, 1.54) is 19.3 Å². The molecule has 0 atom stereocenters. The summed E-state index contributed by atoms with van der Waals surface area (Å²) in [5, 5.41) is 0. The van der Waals surface area contributed by atoms with Crippen LogP contribution in [0.2, 0.25) is 0 Å². The van der Waals surface area contributed by atoms with Crippen LogP contribution in [0.5, 0.6) is 0 Å². The second-order valence-corrected chi connectivity index (χ2v) is 4.84. The molecule has 3 nitrogen and oxygen atoms in total. The zero-order valence-electron chi connectivity index (χ0n) is 11.3. The van der Waals surface area contributed by atoms with Crippen LogP contribution in [0.3, 0.4) is 0 Å². The molecule has 1 aliphatic carbocycles. The first kappa shape index (κ1) is 15.0. The van der Waals surface area contributed by atoms with Crippen LogP contribution >= 0.6 is 0 Å². The van der Waals surface area contributed by atoms with E-state index in [1.807, 2.05) is 12.2 Å². The molecule has 3 heteroatoms. The fourth-order valence-electron chi connectivity index (χ4n) is 2.35.